The minimum Gasteiger partial charge on any atom is -0.399 e. The normalized spacial score (nSPS) is 12.2. The number of nitrogens with two attached hydrogens (primary N) is 1. The van der Waals surface area contributed by atoms with Crippen LogP contribution >= 0.6 is 11.6 Å². The van der Waals surface area contributed by atoms with Crippen LogP contribution in [0.15, 0.2) is 18.2 Å². The van der Waals surface area contributed by atoms with E-state index in [-0.39, 0.29) is 5.91 Å². The summed E-state index contributed by atoms with van der Waals surface area (Å²) >= 11 is 5.92. The Morgan fingerprint density at radius 2 is 2.06 bits per heavy atom. The molecule has 0 bridgehead atoms. The van der Waals surface area contributed by atoms with Gasteiger partial charge in [0.2, 0.25) is 0 Å². The van der Waals surface area contributed by atoms with Gasteiger partial charge in [0.15, 0.2) is 0 Å². The van der Waals surface area contributed by atoms with Crippen molar-refractivity contribution in [3.05, 3.63) is 28.8 Å². The summed E-state index contributed by atoms with van der Waals surface area (Å²) in [6.45, 7) is 7.70. The monoisotopic (exact) mass is 268 g/mol. The molecule has 100 valence electrons. The van der Waals surface area contributed by atoms with Crippen molar-refractivity contribution in [2.24, 2.45) is 5.92 Å². The average Bonchev–Trinajstić information content (AvgIpc) is 2.33. The number of rotatable bonds is 5. The predicted octanol–water partition coefficient (Wildman–Crippen LogP) is 3.43. The van der Waals surface area contributed by atoms with Gasteiger partial charge in [-0.15, -0.1) is 0 Å². The molecule has 0 heterocycles. The van der Waals surface area contributed by atoms with Crippen LogP contribution in [-0.4, -0.2) is 23.9 Å². The van der Waals surface area contributed by atoms with Crippen molar-refractivity contribution >= 4 is 23.2 Å². The average molecular weight is 269 g/mol. The number of nitrogen functional groups attached to an aromatic ring is 1. The van der Waals surface area contributed by atoms with E-state index in [1.54, 1.807) is 18.2 Å². The molecule has 1 aromatic rings. The lowest BCUT2D eigenvalue weighted by Crippen LogP contribution is -2.34. The van der Waals surface area contributed by atoms with E-state index < -0.39 is 0 Å². The first kappa shape index (κ1) is 14.8. The van der Waals surface area contributed by atoms with Gasteiger partial charge in [-0.1, -0.05) is 31.9 Å². The smallest absolute Gasteiger partial charge is 0.253 e. The number of anilines is 1. The van der Waals surface area contributed by atoms with Gasteiger partial charge in [-0.05, 0) is 31.0 Å². The second-order valence-corrected chi connectivity index (χ2v) is 5.07. The van der Waals surface area contributed by atoms with Crippen LogP contribution in [0.2, 0.25) is 5.02 Å². The summed E-state index contributed by atoms with van der Waals surface area (Å²) in [6, 6.07) is 4.98. The Morgan fingerprint density at radius 3 is 2.56 bits per heavy atom. The molecule has 0 aromatic heterocycles. The first-order valence-corrected chi connectivity index (χ1v) is 6.71. The molecule has 0 fully saturated rings. The van der Waals surface area contributed by atoms with Gasteiger partial charge in [0.05, 0.1) is 0 Å². The predicted molar refractivity (Wildman–Crippen MR) is 76.9 cm³/mol. The Labute approximate surface area is 114 Å². The topological polar surface area (TPSA) is 46.3 Å². The van der Waals surface area contributed by atoms with E-state index in [0.29, 0.717) is 28.7 Å². The van der Waals surface area contributed by atoms with Gasteiger partial charge < -0.3 is 10.6 Å². The van der Waals surface area contributed by atoms with Gasteiger partial charge in [0.1, 0.15) is 0 Å². The highest BCUT2D eigenvalue weighted by atomic mass is 35.5. The highest BCUT2D eigenvalue weighted by molar-refractivity contribution is 6.31. The summed E-state index contributed by atoms with van der Waals surface area (Å²) in [5.74, 6) is 0.484. The number of carbonyl (C=O) groups is 1. The maximum atomic E-state index is 12.3. The molecule has 0 saturated carbocycles. The van der Waals surface area contributed by atoms with Gasteiger partial charge in [-0.25, -0.2) is 0 Å². The summed E-state index contributed by atoms with van der Waals surface area (Å²) in [6.07, 6.45) is 1.06. The molecule has 1 rings (SSSR count). The maximum Gasteiger partial charge on any atom is 0.253 e. The quantitative estimate of drug-likeness (QED) is 0.832. The molecular formula is C14H21ClN2O. The third-order valence-electron chi connectivity index (χ3n) is 3.06. The molecule has 0 aliphatic heterocycles. The van der Waals surface area contributed by atoms with Gasteiger partial charge in [0, 0.05) is 29.4 Å². The summed E-state index contributed by atoms with van der Waals surface area (Å²) in [7, 11) is 0. The van der Waals surface area contributed by atoms with Crippen molar-refractivity contribution in [2.45, 2.75) is 27.2 Å². The van der Waals surface area contributed by atoms with Crippen LogP contribution in [0.3, 0.4) is 0 Å². The Kier molecular flexibility index (Phi) is 5.48. The molecule has 0 aliphatic rings. The summed E-state index contributed by atoms with van der Waals surface area (Å²) in [4.78, 5) is 14.2. The van der Waals surface area contributed by atoms with Crippen molar-refractivity contribution < 1.29 is 4.79 Å². The highest BCUT2D eigenvalue weighted by Crippen LogP contribution is 2.18. The standard InChI is InChI=1S/C14H21ClN2O/c1-4-10(3)9-17(5-2)14(18)11-6-12(15)8-13(16)7-11/h6-8,10H,4-5,9,16H2,1-3H3. The molecule has 1 amide bonds. The van der Waals surface area contributed by atoms with Crippen molar-refractivity contribution in [3.8, 4) is 0 Å². The molecule has 2 N–H and O–H groups in total. The number of benzene rings is 1. The molecule has 4 heteroatoms. The fourth-order valence-corrected chi connectivity index (χ4v) is 2.02. The molecule has 0 saturated heterocycles. The van der Waals surface area contributed by atoms with E-state index in [4.69, 9.17) is 17.3 Å². The number of carbonyl (C=O) groups excluding carboxylic acids is 1. The number of amides is 1. The summed E-state index contributed by atoms with van der Waals surface area (Å²) in [5.41, 5.74) is 6.79. The van der Waals surface area contributed by atoms with Gasteiger partial charge in [0.25, 0.3) is 5.91 Å². The Hall–Kier alpha value is -1.22. The second-order valence-electron chi connectivity index (χ2n) is 4.63. The summed E-state index contributed by atoms with van der Waals surface area (Å²) < 4.78 is 0. The van der Waals surface area contributed by atoms with E-state index >= 15 is 0 Å². The fourth-order valence-electron chi connectivity index (χ4n) is 1.78. The minimum atomic E-state index is -0.00741. The first-order valence-electron chi connectivity index (χ1n) is 6.33. The zero-order chi connectivity index (χ0) is 13.7. The molecule has 1 unspecified atom stereocenters. The number of nitrogens with zero attached hydrogens (tertiary/aromatic N) is 1. The zero-order valence-electron chi connectivity index (χ0n) is 11.2. The lowest BCUT2D eigenvalue weighted by Gasteiger charge is -2.24. The van der Waals surface area contributed by atoms with Crippen LogP contribution < -0.4 is 5.73 Å². The second kappa shape index (κ2) is 6.64. The van der Waals surface area contributed by atoms with E-state index in [0.717, 1.165) is 13.0 Å². The molecule has 0 radical (unpaired) electrons. The van der Waals surface area contributed by atoms with Crippen molar-refractivity contribution in [1.29, 1.82) is 0 Å². The molecule has 0 spiro atoms. The largest absolute Gasteiger partial charge is 0.399 e. The van der Waals surface area contributed by atoms with Crippen molar-refractivity contribution in [2.75, 3.05) is 18.8 Å². The Bertz CT molecular complexity index is 400. The third kappa shape index (κ3) is 3.91. The van der Waals surface area contributed by atoms with Crippen LogP contribution in [0.4, 0.5) is 5.69 Å². The number of hydrogen-bond donors (Lipinski definition) is 1. The van der Waals surface area contributed by atoms with E-state index in [9.17, 15) is 4.79 Å². The van der Waals surface area contributed by atoms with Crippen molar-refractivity contribution in [1.82, 2.24) is 4.90 Å². The highest BCUT2D eigenvalue weighted by Gasteiger charge is 2.16. The third-order valence-corrected chi connectivity index (χ3v) is 3.28. The van der Waals surface area contributed by atoms with Crippen LogP contribution in [0.1, 0.15) is 37.6 Å². The van der Waals surface area contributed by atoms with Crippen LogP contribution in [0.5, 0.6) is 0 Å². The van der Waals surface area contributed by atoms with Crippen LogP contribution in [0, 0.1) is 5.92 Å². The van der Waals surface area contributed by atoms with Crippen LogP contribution in [0.25, 0.3) is 0 Å². The van der Waals surface area contributed by atoms with E-state index in [1.165, 1.54) is 0 Å². The number of halogens is 1. The fraction of sp³-hybridized carbons (Fsp3) is 0.500. The lowest BCUT2D eigenvalue weighted by atomic mass is 10.1. The molecule has 1 atom stereocenters. The van der Waals surface area contributed by atoms with Gasteiger partial charge >= 0.3 is 0 Å². The van der Waals surface area contributed by atoms with E-state index in [2.05, 4.69) is 13.8 Å². The van der Waals surface area contributed by atoms with Crippen molar-refractivity contribution in [3.63, 3.8) is 0 Å². The van der Waals surface area contributed by atoms with E-state index in [1.807, 2.05) is 11.8 Å². The summed E-state index contributed by atoms with van der Waals surface area (Å²) in [5, 5.41) is 0.498. The first-order chi connectivity index (χ1) is 8.47. The molecule has 3 nitrogen and oxygen atoms in total. The van der Waals surface area contributed by atoms with Gasteiger partial charge in [-0.3, -0.25) is 4.79 Å². The molecule has 18 heavy (non-hydrogen) atoms. The molecule has 0 aliphatic carbocycles. The Balaban J connectivity index is 2.89. The SMILES string of the molecule is CCC(C)CN(CC)C(=O)c1cc(N)cc(Cl)c1. The minimum absolute atomic E-state index is 0.00741. The lowest BCUT2D eigenvalue weighted by molar-refractivity contribution is 0.0741. The molecule has 1 aromatic carbocycles. The maximum absolute atomic E-state index is 12.3. The van der Waals surface area contributed by atoms with Gasteiger partial charge in [-0.2, -0.15) is 0 Å². The van der Waals surface area contributed by atoms with Crippen LogP contribution in [-0.2, 0) is 0 Å². The number of hydrogen-bond acceptors (Lipinski definition) is 2. The Morgan fingerprint density at radius 1 is 1.39 bits per heavy atom. The zero-order valence-corrected chi connectivity index (χ0v) is 12.0. The molecular weight excluding hydrogens is 248 g/mol.